The van der Waals surface area contributed by atoms with Crippen molar-refractivity contribution < 1.29 is 65.4 Å². The van der Waals surface area contributed by atoms with Gasteiger partial charge in [-0.1, -0.05) is 20.3 Å². The summed E-state index contributed by atoms with van der Waals surface area (Å²) >= 11 is 0. The summed E-state index contributed by atoms with van der Waals surface area (Å²) in [4.78, 5) is 0. The summed E-state index contributed by atoms with van der Waals surface area (Å²) in [5.74, 6) is 0.689. The minimum atomic E-state index is 0. The SMILES string of the molecule is CCC(C)c1cc[c-]cc1.[Y].[Y]. The van der Waals surface area contributed by atoms with Gasteiger partial charge in [0.1, 0.15) is 0 Å². The first-order chi connectivity index (χ1) is 4.84. The smallest absolute Gasteiger partial charge is 0 e. The van der Waals surface area contributed by atoms with Crippen LogP contribution in [0.5, 0.6) is 0 Å². The Morgan fingerprint density at radius 1 is 1.25 bits per heavy atom. The summed E-state index contributed by atoms with van der Waals surface area (Å²) in [6.07, 6.45) is 1.21. The van der Waals surface area contributed by atoms with Crippen LogP contribution in [0.1, 0.15) is 31.7 Å². The number of hydrogen-bond acceptors (Lipinski definition) is 0. The molecule has 1 atom stereocenters. The van der Waals surface area contributed by atoms with Gasteiger partial charge in [0, 0.05) is 65.4 Å². The molecule has 1 aromatic carbocycles. The molecule has 2 radical (unpaired) electrons. The first-order valence-electron chi connectivity index (χ1n) is 3.80. The average Bonchev–Trinajstić information content (AvgIpc) is 2.05. The van der Waals surface area contributed by atoms with Gasteiger partial charge in [0.15, 0.2) is 0 Å². The van der Waals surface area contributed by atoms with E-state index in [9.17, 15) is 0 Å². The zero-order valence-electron chi connectivity index (χ0n) is 7.75. The molecular weight excluding hydrogens is 298 g/mol. The average molecular weight is 311 g/mol. The van der Waals surface area contributed by atoms with Crippen LogP contribution in [-0.2, 0) is 65.4 Å². The summed E-state index contributed by atoms with van der Waals surface area (Å²) in [6.45, 7) is 4.46. The van der Waals surface area contributed by atoms with E-state index in [0.717, 1.165) is 0 Å². The van der Waals surface area contributed by atoms with E-state index in [1.807, 2.05) is 12.1 Å². The van der Waals surface area contributed by atoms with Gasteiger partial charge < -0.3 is 0 Å². The van der Waals surface area contributed by atoms with Gasteiger partial charge in [0.05, 0.1) is 0 Å². The molecule has 0 aromatic heterocycles. The van der Waals surface area contributed by atoms with E-state index >= 15 is 0 Å². The van der Waals surface area contributed by atoms with Crippen molar-refractivity contribution in [3.8, 4) is 0 Å². The summed E-state index contributed by atoms with van der Waals surface area (Å²) in [5, 5.41) is 0. The van der Waals surface area contributed by atoms with Crippen LogP contribution in [0.25, 0.3) is 0 Å². The van der Waals surface area contributed by atoms with E-state index in [1.54, 1.807) is 0 Å². The third-order valence-electron chi connectivity index (χ3n) is 1.93. The Morgan fingerprint density at radius 2 is 1.75 bits per heavy atom. The first-order valence-corrected chi connectivity index (χ1v) is 3.80. The molecule has 0 aliphatic heterocycles. The maximum atomic E-state index is 3.01. The Bertz CT molecular complexity index is 184. The quantitative estimate of drug-likeness (QED) is 0.737. The second-order valence-corrected chi connectivity index (χ2v) is 2.64. The van der Waals surface area contributed by atoms with Crippen molar-refractivity contribution in [1.82, 2.24) is 0 Å². The predicted octanol–water partition coefficient (Wildman–Crippen LogP) is 3.00. The molecular formula is C10H13Y2-. The van der Waals surface area contributed by atoms with Gasteiger partial charge in [-0.3, -0.25) is 0 Å². The maximum Gasteiger partial charge on any atom is 0 e. The van der Waals surface area contributed by atoms with E-state index in [4.69, 9.17) is 0 Å². The number of hydrogen-bond donors (Lipinski definition) is 0. The molecule has 0 fully saturated rings. The fourth-order valence-corrected chi connectivity index (χ4v) is 0.964. The normalized spacial score (nSPS) is 10.8. The zero-order chi connectivity index (χ0) is 7.40. The van der Waals surface area contributed by atoms with Crippen molar-refractivity contribution in [2.75, 3.05) is 0 Å². The summed E-state index contributed by atoms with van der Waals surface area (Å²) in [6, 6.07) is 11.2. The Labute approximate surface area is 126 Å². The minimum absolute atomic E-state index is 0. The molecule has 12 heavy (non-hydrogen) atoms. The largest absolute Gasteiger partial charge is 0.184 e. The van der Waals surface area contributed by atoms with Gasteiger partial charge in [-0.05, 0) is 5.92 Å². The van der Waals surface area contributed by atoms with Crippen molar-refractivity contribution in [3.63, 3.8) is 0 Å². The Hall–Kier alpha value is 1.43. The van der Waals surface area contributed by atoms with Crippen LogP contribution in [-0.4, -0.2) is 0 Å². The van der Waals surface area contributed by atoms with E-state index in [0.29, 0.717) is 5.92 Å². The third-order valence-corrected chi connectivity index (χ3v) is 1.93. The van der Waals surface area contributed by atoms with E-state index in [2.05, 4.69) is 32.0 Å². The summed E-state index contributed by atoms with van der Waals surface area (Å²) < 4.78 is 0. The number of benzene rings is 1. The van der Waals surface area contributed by atoms with Crippen molar-refractivity contribution in [1.29, 1.82) is 0 Å². The third kappa shape index (κ3) is 5.22. The van der Waals surface area contributed by atoms with Gasteiger partial charge in [0.2, 0.25) is 0 Å². The van der Waals surface area contributed by atoms with Crippen LogP contribution in [0.2, 0.25) is 0 Å². The molecule has 0 spiro atoms. The van der Waals surface area contributed by atoms with Crippen molar-refractivity contribution in [2.45, 2.75) is 26.2 Å². The molecule has 0 N–H and O–H groups in total. The molecule has 0 heterocycles. The Balaban J connectivity index is 0. The second-order valence-electron chi connectivity index (χ2n) is 2.64. The molecule has 0 bridgehead atoms. The Kier molecular flexibility index (Phi) is 11.9. The molecule has 0 amide bonds. The van der Waals surface area contributed by atoms with Crippen molar-refractivity contribution >= 4 is 0 Å². The van der Waals surface area contributed by atoms with Gasteiger partial charge in [0.25, 0.3) is 0 Å². The minimum Gasteiger partial charge on any atom is -0.184 e. The molecule has 1 unspecified atom stereocenters. The monoisotopic (exact) mass is 311 g/mol. The van der Waals surface area contributed by atoms with Crippen LogP contribution in [0, 0.1) is 6.07 Å². The molecule has 0 aliphatic carbocycles. The number of rotatable bonds is 2. The summed E-state index contributed by atoms with van der Waals surface area (Å²) in [5.41, 5.74) is 1.42. The van der Waals surface area contributed by atoms with Crippen LogP contribution >= 0.6 is 0 Å². The van der Waals surface area contributed by atoms with E-state index in [-0.39, 0.29) is 65.4 Å². The molecule has 0 saturated heterocycles. The molecule has 0 saturated carbocycles. The van der Waals surface area contributed by atoms with Crippen LogP contribution in [0.3, 0.4) is 0 Å². The topological polar surface area (TPSA) is 0 Å². The van der Waals surface area contributed by atoms with Crippen LogP contribution in [0.15, 0.2) is 24.3 Å². The van der Waals surface area contributed by atoms with Gasteiger partial charge in [-0.2, -0.15) is 35.9 Å². The predicted molar refractivity (Wildman–Crippen MR) is 44.0 cm³/mol. The molecule has 1 rings (SSSR count). The van der Waals surface area contributed by atoms with Crippen LogP contribution < -0.4 is 0 Å². The fourth-order valence-electron chi connectivity index (χ4n) is 0.964. The van der Waals surface area contributed by atoms with E-state index in [1.165, 1.54) is 12.0 Å². The second kappa shape index (κ2) is 9.00. The zero-order valence-corrected chi connectivity index (χ0v) is 13.4. The Morgan fingerprint density at radius 3 is 2.17 bits per heavy atom. The van der Waals surface area contributed by atoms with Crippen molar-refractivity contribution in [3.05, 3.63) is 35.9 Å². The van der Waals surface area contributed by atoms with Gasteiger partial charge >= 0.3 is 0 Å². The van der Waals surface area contributed by atoms with Crippen LogP contribution in [0.4, 0.5) is 0 Å². The first kappa shape index (κ1) is 15.9. The summed E-state index contributed by atoms with van der Waals surface area (Å²) in [7, 11) is 0. The van der Waals surface area contributed by atoms with E-state index < -0.39 is 0 Å². The standard InChI is InChI=1S/C10H13.2Y/c1-3-9(2)10-7-5-4-6-8-10;;/h5-9H,3H2,1-2H3;;/q-1;;. The molecule has 60 valence electrons. The molecule has 0 aliphatic rings. The molecule has 2 heteroatoms. The van der Waals surface area contributed by atoms with Gasteiger partial charge in [-0.15, -0.1) is 0 Å². The van der Waals surface area contributed by atoms with Crippen molar-refractivity contribution in [2.24, 2.45) is 0 Å². The molecule has 0 nitrogen and oxygen atoms in total. The van der Waals surface area contributed by atoms with Gasteiger partial charge in [-0.25, -0.2) is 0 Å². The molecule has 1 aromatic rings. The fraction of sp³-hybridized carbons (Fsp3) is 0.400. The maximum absolute atomic E-state index is 3.01.